The van der Waals surface area contributed by atoms with E-state index in [4.69, 9.17) is 9.84 Å². The second kappa shape index (κ2) is 6.89. The number of aromatic carboxylic acids is 1. The van der Waals surface area contributed by atoms with Crippen molar-refractivity contribution in [1.82, 2.24) is 0 Å². The Bertz CT molecular complexity index is 662. The van der Waals surface area contributed by atoms with Crippen LogP contribution in [0, 0.1) is 5.92 Å². The molecule has 2 aromatic carbocycles. The van der Waals surface area contributed by atoms with Crippen molar-refractivity contribution < 1.29 is 19.4 Å². The molecular weight excluding hydrogens is 280 g/mol. The number of carbonyl (C=O) groups is 2. The first-order chi connectivity index (χ1) is 10.5. The Kier molecular flexibility index (Phi) is 4.94. The molecule has 0 amide bonds. The van der Waals surface area contributed by atoms with Gasteiger partial charge < -0.3 is 9.84 Å². The Morgan fingerprint density at radius 1 is 0.909 bits per heavy atom. The molecule has 0 aliphatic heterocycles. The zero-order valence-corrected chi connectivity index (χ0v) is 12.5. The standard InChI is InChI=1S/C18H18O4/c1-12(2)16(13-8-4-3-5-9-13)22-18(21)15-11-7-6-10-14(15)17(19)20/h3-12,16H,1-2H3,(H,19,20)/t16-/m1/s1. The number of hydrogen-bond acceptors (Lipinski definition) is 3. The lowest BCUT2D eigenvalue weighted by molar-refractivity contribution is 0.0172. The van der Waals surface area contributed by atoms with E-state index in [1.807, 2.05) is 44.2 Å². The Morgan fingerprint density at radius 3 is 2.00 bits per heavy atom. The van der Waals surface area contributed by atoms with Gasteiger partial charge in [-0.3, -0.25) is 0 Å². The van der Waals surface area contributed by atoms with E-state index in [-0.39, 0.29) is 17.0 Å². The highest BCUT2D eigenvalue weighted by molar-refractivity contribution is 6.02. The van der Waals surface area contributed by atoms with Crippen LogP contribution in [0.1, 0.15) is 46.2 Å². The number of hydrogen-bond donors (Lipinski definition) is 1. The molecule has 0 radical (unpaired) electrons. The maximum absolute atomic E-state index is 12.4. The second-order valence-electron chi connectivity index (χ2n) is 5.33. The van der Waals surface area contributed by atoms with E-state index in [0.29, 0.717) is 0 Å². The predicted octanol–water partition coefficient (Wildman–Crippen LogP) is 3.94. The maximum atomic E-state index is 12.4. The molecule has 0 heterocycles. The Hall–Kier alpha value is -2.62. The van der Waals surface area contributed by atoms with E-state index in [9.17, 15) is 9.59 Å². The van der Waals surface area contributed by atoms with Gasteiger partial charge in [-0.05, 0) is 23.6 Å². The van der Waals surface area contributed by atoms with Crippen LogP contribution in [0.4, 0.5) is 0 Å². The van der Waals surface area contributed by atoms with Crippen LogP contribution < -0.4 is 0 Å². The summed E-state index contributed by atoms with van der Waals surface area (Å²) in [5, 5.41) is 9.17. The molecule has 4 nitrogen and oxygen atoms in total. The summed E-state index contributed by atoms with van der Waals surface area (Å²) in [6.07, 6.45) is -0.421. The summed E-state index contributed by atoms with van der Waals surface area (Å²) >= 11 is 0. The van der Waals surface area contributed by atoms with Gasteiger partial charge in [0, 0.05) is 0 Å². The fraction of sp³-hybridized carbons (Fsp3) is 0.222. The Morgan fingerprint density at radius 2 is 1.45 bits per heavy atom. The maximum Gasteiger partial charge on any atom is 0.339 e. The van der Waals surface area contributed by atoms with Crippen molar-refractivity contribution in [3.63, 3.8) is 0 Å². The Labute approximate surface area is 129 Å². The fourth-order valence-electron chi connectivity index (χ4n) is 2.26. The molecule has 0 saturated heterocycles. The first kappa shape index (κ1) is 15.8. The molecule has 4 heteroatoms. The van der Waals surface area contributed by atoms with Crippen LogP contribution in [0.3, 0.4) is 0 Å². The third-order valence-electron chi connectivity index (χ3n) is 3.34. The average molecular weight is 298 g/mol. The minimum Gasteiger partial charge on any atom is -0.478 e. The molecule has 114 valence electrons. The lowest BCUT2D eigenvalue weighted by Gasteiger charge is -2.22. The zero-order valence-electron chi connectivity index (χ0n) is 12.5. The molecule has 1 atom stereocenters. The molecule has 2 rings (SSSR count). The molecule has 0 bridgehead atoms. The van der Waals surface area contributed by atoms with Crippen molar-refractivity contribution in [2.45, 2.75) is 20.0 Å². The van der Waals surface area contributed by atoms with E-state index in [1.165, 1.54) is 12.1 Å². The van der Waals surface area contributed by atoms with E-state index in [2.05, 4.69) is 0 Å². The van der Waals surface area contributed by atoms with Gasteiger partial charge in [0.25, 0.3) is 0 Å². The lowest BCUT2D eigenvalue weighted by Crippen LogP contribution is -2.18. The van der Waals surface area contributed by atoms with Gasteiger partial charge >= 0.3 is 11.9 Å². The van der Waals surface area contributed by atoms with Crippen LogP contribution in [-0.2, 0) is 4.74 Å². The molecule has 1 N–H and O–H groups in total. The summed E-state index contributed by atoms with van der Waals surface area (Å²) in [4.78, 5) is 23.6. The van der Waals surface area contributed by atoms with Crippen LogP contribution in [0.2, 0.25) is 0 Å². The first-order valence-electron chi connectivity index (χ1n) is 7.09. The Balaban J connectivity index is 2.28. The topological polar surface area (TPSA) is 63.6 Å². The van der Waals surface area contributed by atoms with Gasteiger partial charge in [-0.2, -0.15) is 0 Å². The number of rotatable bonds is 5. The number of ether oxygens (including phenoxy) is 1. The number of esters is 1. The van der Waals surface area contributed by atoms with Crippen LogP contribution in [0.15, 0.2) is 54.6 Å². The number of carboxylic acids is 1. The summed E-state index contributed by atoms with van der Waals surface area (Å²) in [5.74, 6) is -1.70. The number of carboxylic acid groups (broad SMARTS) is 1. The highest BCUT2D eigenvalue weighted by Gasteiger charge is 2.24. The highest BCUT2D eigenvalue weighted by Crippen LogP contribution is 2.27. The summed E-state index contributed by atoms with van der Waals surface area (Å²) in [5.41, 5.74) is 0.901. The summed E-state index contributed by atoms with van der Waals surface area (Å²) in [6.45, 7) is 3.90. The van der Waals surface area contributed by atoms with Gasteiger partial charge in [0.15, 0.2) is 0 Å². The smallest absolute Gasteiger partial charge is 0.339 e. The van der Waals surface area contributed by atoms with Gasteiger partial charge in [-0.1, -0.05) is 56.3 Å². The van der Waals surface area contributed by atoms with Crippen molar-refractivity contribution in [2.24, 2.45) is 5.92 Å². The van der Waals surface area contributed by atoms with Crippen molar-refractivity contribution in [3.05, 3.63) is 71.3 Å². The van der Waals surface area contributed by atoms with Crippen LogP contribution in [0.5, 0.6) is 0 Å². The van der Waals surface area contributed by atoms with Crippen LogP contribution in [0.25, 0.3) is 0 Å². The molecular formula is C18H18O4. The SMILES string of the molecule is CC(C)[C@@H](OC(=O)c1ccccc1C(=O)O)c1ccccc1. The molecule has 0 aliphatic carbocycles. The normalized spacial score (nSPS) is 12.0. The molecule has 0 spiro atoms. The van der Waals surface area contributed by atoms with E-state index in [1.54, 1.807) is 12.1 Å². The minimum absolute atomic E-state index is 0.0527. The first-order valence-corrected chi connectivity index (χ1v) is 7.09. The van der Waals surface area contributed by atoms with Gasteiger partial charge in [-0.25, -0.2) is 9.59 Å². The van der Waals surface area contributed by atoms with Crippen molar-refractivity contribution in [3.8, 4) is 0 Å². The predicted molar refractivity (Wildman–Crippen MR) is 82.8 cm³/mol. The quantitative estimate of drug-likeness (QED) is 0.849. The van der Waals surface area contributed by atoms with E-state index in [0.717, 1.165) is 5.56 Å². The van der Waals surface area contributed by atoms with Gasteiger partial charge in [0.1, 0.15) is 6.10 Å². The highest BCUT2D eigenvalue weighted by atomic mass is 16.5. The molecule has 0 aliphatic rings. The third kappa shape index (κ3) is 3.52. The number of carbonyl (C=O) groups excluding carboxylic acids is 1. The monoisotopic (exact) mass is 298 g/mol. The average Bonchev–Trinajstić information content (AvgIpc) is 2.52. The molecule has 0 fully saturated rings. The summed E-state index contributed by atoms with van der Waals surface area (Å²) < 4.78 is 5.57. The van der Waals surface area contributed by atoms with Crippen molar-refractivity contribution in [1.29, 1.82) is 0 Å². The van der Waals surface area contributed by atoms with Crippen molar-refractivity contribution >= 4 is 11.9 Å². The summed E-state index contributed by atoms with van der Waals surface area (Å²) in [7, 11) is 0. The number of benzene rings is 2. The van der Waals surface area contributed by atoms with Gasteiger partial charge in [-0.15, -0.1) is 0 Å². The molecule has 0 saturated carbocycles. The second-order valence-corrected chi connectivity index (χ2v) is 5.33. The van der Waals surface area contributed by atoms with E-state index < -0.39 is 18.0 Å². The largest absolute Gasteiger partial charge is 0.478 e. The van der Waals surface area contributed by atoms with E-state index >= 15 is 0 Å². The van der Waals surface area contributed by atoms with Gasteiger partial charge in [0.2, 0.25) is 0 Å². The van der Waals surface area contributed by atoms with Crippen LogP contribution >= 0.6 is 0 Å². The third-order valence-corrected chi connectivity index (χ3v) is 3.34. The molecule has 0 aromatic heterocycles. The van der Waals surface area contributed by atoms with Crippen molar-refractivity contribution in [2.75, 3.05) is 0 Å². The summed E-state index contributed by atoms with van der Waals surface area (Å²) in [6, 6.07) is 15.5. The molecule has 22 heavy (non-hydrogen) atoms. The minimum atomic E-state index is -1.15. The van der Waals surface area contributed by atoms with Crippen LogP contribution in [-0.4, -0.2) is 17.0 Å². The molecule has 2 aromatic rings. The molecule has 0 unspecified atom stereocenters. The fourth-order valence-corrected chi connectivity index (χ4v) is 2.26. The van der Waals surface area contributed by atoms with Gasteiger partial charge in [0.05, 0.1) is 11.1 Å². The zero-order chi connectivity index (χ0) is 16.1. The lowest BCUT2D eigenvalue weighted by atomic mass is 9.98.